The van der Waals surface area contributed by atoms with Gasteiger partial charge in [-0.15, -0.1) is 0 Å². The molecule has 0 saturated carbocycles. The molecule has 0 aliphatic rings. The van der Waals surface area contributed by atoms with E-state index in [0.29, 0.717) is 73.8 Å². The predicted octanol–water partition coefficient (Wildman–Crippen LogP) is 9.67. The van der Waals surface area contributed by atoms with Crippen LogP contribution in [0.2, 0.25) is 0 Å². The van der Waals surface area contributed by atoms with Gasteiger partial charge in [0.25, 0.3) is 0 Å². The van der Waals surface area contributed by atoms with Gasteiger partial charge < -0.3 is 33.2 Å². The van der Waals surface area contributed by atoms with Gasteiger partial charge in [0.15, 0.2) is 11.5 Å². The van der Waals surface area contributed by atoms with E-state index in [2.05, 4.69) is 25.8 Å². The summed E-state index contributed by atoms with van der Waals surface area (Å²) in [4.78, 5) is 47.5. The summed E-state index contributed by atoms with van der Waals surface area (Å²) in [5.74, 6) is 0.493. The zero-order chi connectivity index (χ0) is 42.2. The minimum atomic E-state index is -0.554. The van der Waals surface area contributed by atoms with Crippen molar-refractivity contribution in [2.24, 2.45) is 0 Å². The van der Waals surface area contributed by atoms with Crippen molar-refractivity contribution in [2.45, 2.75) is 71.1 Å². The third kappa shape index (κ3) is 15.8. The number of rotatable bonds is 27. The third-order valence-electron chi connectivity index (χ3n) is 9.09. The molecule has 4 aromatic rings. The first-order valence-corrected chi connectivity index (χ1v) is 20.1. The average Bonchev–Trinajstić information content (AvgIpc) is 3.25. The van der Waals surface area contributed by atoms with Gasteiger partial charge in [-0.05, 0) is 129 Å². The van der Waals surface area contributed by atoms with Crippen molar-refractivity contribution >= 4 is 34.6 Å². The Balaban J connectivity index is 1.36. The predicted molar refractivity (Wildman–Crippen MR) is 226 cm³/mol. The maximum Gasteiger partial charge on any atom is 0.343 e. The number of ether oxygens (including phenoxy) is 7. The highest BCUT2D eigenvalue weighted by molar-refractivity contribution is 5.92. The molecular weight excluding hydrogens is 753 g/mol. The number of carbonyl (C=O) groups excluding carboxylic acids is 4. The molecule has 0 atom stereocenters. The largest absolute Gasteiger partial charge is 0.493 e. The Morgan fingerprint density at radius 1 is 0.508 bits per heavy atom. The minimum Gasteiger partial charge on any atom is -0.493 e. The standard InChI is InChI=1S/C48H54O11/c1-5-45(49)56-29-15-11-9-13-27-54-42-26-23-39(33-44(42)55-28-14-10-12-16-30-57-46(50)6-2)48(52)59-41-24-21-36(43(34-41)53-8-4)19-17-35-18-20-38-32-40(58-47(51)7-3)25-22-37(38)31-35/h5-7,18,20-26,31-34H,1-3,8-17,19,27-30H2,4H3. The van der Waals surface area contributed by atoms with E-state index < -0.39 is 23.9 Å². The molecule has 0 amide bonds. The van der Waals surface area contributed by atoms with Gasteiger partial charge in [0.1, 0.15) is 17.2 Å². The first-order valence-electron chi connectivity index (χ1n) is 20.1. The molecule has 0 aromatic heterocycles. The van der Waals surface area contributed by atoms with E-state index in [1.165, 1.54) is 0 Å². The highest BCUT2D eigenvalue weighted by Crippen LogP contribution is 2.32. The van der Waals surface area contributed by atoms with Crippen molar-refractivity contribution < 1.29 is 52.3 Å². The third-order valence-corrected chi connectivity index (χ3v) is 9.09. The number of hydrogen-bond acceptors (Lipinski definition) is 11. The number of esters is 4. The first kappa shape index (κ1) is 45.3. The quantitative estimate of drug-likeness (QED) is 0.0247. The number of unbranched alkanes of at least 4 members (excludes halogenated alkanes) is 6. The van der Waals surface area contributed by atoms with Gasteiger partial charge in [0.2, 0.25) is 0 Å². The van der Waals surface area contributed by atoms with E-state index in [-0.39, 0.29) is 0 Å². The molecule has 0 aliphatic carbocycles. The molecule has 4 rings (SSSR count). The molecule has 4 aromatic carbocycles. The molecule has 0 N–H and O–H groups in total. The normalized spacial score (nSPS) is 10.6. The Morgan fingerprint density at radius 2 is 1.08 bits per heavy atom. The summed E-state index contributed by atoms with van der Waals surface area (Å²) >= 11 is 0. The number of fused-ring (bicyclic) bond motifs is 1. The summed E-state index contributed by atoms with van der Waals surface area (Å²) in [6.45, 7) is 14.1. The Morgan fingerprint density at radius 3 is 1.73 bits per heavy atom. The van der Waals surface area contributed by atoms with Gasteiger partial charge in [-0.2, -0.15) is 0 Å². The van der Waals surface area contributed by atoms with E-state index >= 15 is 0 Å². The summed E-state index contributed by atoms with van der Waals surface area (Å²) in [6.07, 6.45) is 11.4. The molecule has 59 heavy (non-hydrogen) atoms. The van der Waals surface area contributed by atoms with Crippen LogP contribution in [0.25, 0.3) is 10.8 Å². The van der Waals surface area contributed by atoms with E-state index in [1.807, 2.05) is 37.3 Å². The Bertz CT molecular complexity index is 2050. The smallest absolute Gasteiger partial charge is 0.343 e. The molecule has 11 nitrogen and oxygen atoms in total. The highest BCUT2D eigenvalue weighted by atomic mass is 16.5. The van der Waals surface area contributed by atoms with Crippen LogP contribution in [0.3, 0.4) is 0 Å². The van der Waals surface area contributed by atoms with Crippen LogP contribution in [0.1, 0.15) is 79.8 Å². The number of carbonyl (C=O) groups is 4. The number of hydrogen-bond donors (Lipinski definition) is 0. The molecule has 11 heteroatoms. The van der Waals surface area contributed by atoms with Gasteiger partial charge in [0, 0.05) is 24.3 Å². The second-order valence-corrected chi connectivity index (χ2v) is 13.5. The van der Waals surface area contributed by atoms with Crippen molar-refractivity contribution in [1.29, 1.82) is 0 Å². The summed E-state index contributed by atoms with van der Waals surface area (Å²) in [5.41, 5.74) is 2.41. The minimum absolute atomic E-state index is 0.301. The van der Waals surface area contributed by atoms with Crippen molar-refractivity contribution in [3.63, 3.8) is 0 Å². The van der Waals surface area contributed by atoms with E-state index in [1.54, 1.807) is 36.4 Å². The molecule has 0 fully saturated rings. The molecule has 0 aliphatic heterocycles. The lowest BCUT2D eigenvalue weighted by molar-refractivity contribution is -0.138. The molecule has 0 unspecified atom stereocenters. The van der Waals surface area contributed by atoms with E-state index in [9.17, 15) is 19.2 Å². The average molecular weight is 807 g/mol. The Kier molecular flexibility index (Phi) is 19.3. The van der Waals surface area contributed by atoms with Crippen LogP contribution in [-0.2, 0) is 36.7 Å². The SMILES string of the molecule is C=CC(=O)OCCCCCCOc1ccc(C(=O)Oc2ccc(CCc3ccc4cc(OC(=O)C=C)ccc4c3)c(OCC)c2)cc1OCCCCCCOC(=O)C=C. The molecule has 0 saturated heterocycles. The highest BCUT2D eigenvalue weighted by Gasteiger charge is 2.16. The second-order valence-electron chi connectivity index (χ2n) is 13.5. The molecule has 312 valence electrons. The van der Waals surface area contributed by atoms with Crippen molar-refractivity contribution in [1.82, 2.24) is 0 Å². The zero-order valence-corrected chi connectivity index (χ0v) is 33.9. The van der Waals surface area contributed by atoms with E-state index in [4.69, 9.17) is 33.2 Å². The summed E-state index contributed by atoms with van der Waals surface area (Å²) in [7, 11) is 0. The van der Waals surface area contributed by atoms with Gasteiger partial charge in [0.05, 0.1) is 38.6 Å². The maximum atomic E-state index is 13.5. The van der Waals surface area contributed by atoms with Crippen LogP contribution < -0.4 is 23.7 Å². The van der Waals surface area contributed by atoms with Gasteiger partial charge >= 0.3 is 23.9 Å². The van der Waals surface area contributed by atoms with Gasteiger partial charge in [-0.25, -0.2) is 19.2 Å². The van der Waals surface area contributed by atoms with Crippen LogP contribution in [0, 0.1) is 0 Å². The fraction of sp³-hybridized carbons (Fsp3) is 0.333. The van der Waals surface area contributed by atoms with E-state index in [0.717, 1.165) is 97.9 Å². The summed E-state index contributed by atoms with van der Waals surface area (Å²) in [5, 5.41) is 1.98. The van der Waals surface area contributed by atoms with Gasteiger partial charge in [-0.3, -0.25) is 0 Å². The van der Waals surface area contributed by atoms with Crippen LogP contribution in [-0.4, -0.2) is 56.9 Å². The van der Waals surface area contributed by atoms with Crippen LogP contribution in [0.15, 0.2) is 111 Å². The maximum absolute atomic E-state index is 13.5. The lowest BCUT2D eigenvalue weighted by Crippen LogP contribution is -2.10. The summed E-state index contributed by atoms with van der Waals surface area (Å²) in [6, 6.07) is 22.1. The van der Waals surface area contributed by atoms with Crippen molar-refractivity contribution in [2.75, 3.05) is 33.0 Å². The van der Waals surface area contributed by atoms with Crippen LogP contribution in [0.4, 0.5) is 0 Å². The monoisotopic (exact) mass is 806 g/mol. The topological polar surface area (TPSA) is 133 Å². The number of aryl methyl sites for hydroxylation is 2. The Hall–Kier alpha value is -6.36. The van der Waals surface area contributed by atoms with Crippen LogP contribution >= 0.6 is 0 Å². The lowest BCUT2D eigenvalue weighted by Gasteiger charge is -2.15. The first-order chi connectivity index (χ1) is 28.7. The molecular formula is C48H54O11. The lowest BCUT2D eigenvalue weighted by atomic mass is 10.0. The van der Waals surface area contributed by atoms with Crippen molar-refractivity contribution in [3.8, 4) is 28.7 Å². The molecule has 0 radical (unpaired) electrons. The Labute approximate surface area is 346 Å². The zero-order valence-electron chi connectivity index (χ0n) is 33.9. The summed E-state index contributed by atoms with van der Waals surface area (Å²) < 4.78 is 39.3. The van der Waals surface area contributed by atoms with Gasteiger partial charge in [-0.1, -0.05) is 50.1 Å². The fourth-order valence-electron chi connectivity index (χ4n) is 6.00. The number of benzene rings is 4. The van der Waals surface area contributed by atoms with Crippen LogP contribution in [0.5, 0.6) is 28.7 Å². The second kappa shape index (κ2) is 25.1. The molecule has 0 spiro atoms. The molecule has 0 bridgehead atoms. The fourth-order valence-corrected chi connectivity index (χ4v) is 6.00. The van der Waals surface area contributed by atoms with Crippen molar-refractivity contribution in [3.05, 3.63) is 127 Å². The molecule has 0 heterocycles.